The fourth-order valence-electron chi connectivity index (χ4n) is 4.93. The molecule has 9 nitrogen and oxygen atoms in total. The van der Waals surface area contributed by atoms with Crippen LogP contribution in [0, 0.1) is 33.3 Å². The van der Waals surface area contributed by atoms with Crippen molar-refractivity contribution in [1.82, 2.24) is 4.90 Å². The number of carbonyl (C=O) groups is 3. The molecule has 5 rings (SSSR count). The van der Waals surface area contributed by atoms with Gasteiger partial charge in [-0.2, -0.15) is 5.26 Å². The van der Waals surface area contributed by atoms with Crippen LogP contribution in [0.25, 0.3) is 0 Å². The number of rotatable bonds is 4. The van der Waals surface area contributed by atoms with E-state index in [2.05, 4.69) is 15.9 Å². The van der Waals surface area contributed by atoms with E-state index in [1.807, 2.05) is 6.07 Å². The van der Waals surface area contributed by atoms with Gasteiger partial charge < -0.3 is 4.90 Å². The number of benzene rings is 2. The number of halogens is 1. The predicted molar refractivity (Wildman–Crippen MR) is 123 cm³/mol. The average Bonchev–Trinajstić information content (AvgIpc) is 3.30. The summed E-state index contributed by atoms with van der Waals surface area (Å²) in [6.07, 6.45) is 4.66. The molecule has 0 spiro atoms. The zero-order valence-corrected chi connectivity index (χ0v) is 19.0. The maximum Gasteiger partial charge on any atom is 0.270 e. The molecule has 0 bridgehead atoms. The van der Waals surface area contributed by atoms with E-state index in [4.69, 9.17) is 0 Å². The Hall–Kier alpha value is -4.10. The number of nitro benzene ring substituents is 1. The lowest BCUT2D eigenvalue weighted by Crippen LogP contribution is -2.46. The first-order valence-electron chi connectivity index (χ1n) is 10.3. The molecule has 2 saturated heterocycles. The zero-order valence-electron chi connectivity index (χ0n) is 17.4. The first-order valence-corrected chi connectivity index (χ1v) is 11.1. The number of ketones is 1. The molecular weight excluding hydrogens is 504 g/mol. The summed E-state index contributed by atoms with van der Waals surface area (Å²) < 4.78 is 0.681. The highest BCUT2D eigenvalue weighted by Gasteiger charge is 2.63. The molecule has 0 N–H and O–H groups in total. The Morgan fingerprint density at radius 3 is 2.53 bits per heavy atom. The van der Waals surface area contributed by atoms with Crippen molar-refractivity contribution >= 4 is 44.9 Å². The van der Waals surface area contributed by atoms with Crippen LogP contribution in [0.1, 0.15) is 10.4 Å². The lowest BCUT2D eigenvalue weighted by molar-refractivity contribution is -0.384. The van der Waals surface area contributed by atoms with Crippen LogP contribution >= 0.6 is 15.9 Å². The Balaban J connectivity index is 1.61. The smallest absolute Gasteiger partial charge is 0.270 e. The zero-order chi connectivity index (χ0) is 24.1. The van der Waals surface area contributed by atoms with Crippen LogP contribution in [0.4, 0.5) is 11.4 Å². The van der Waals surface area contributed by atoms with Gasteiger partial charge >= 0.3 is 0 Å². The molecule has 0 saturated carbocycles. The van der Waals surface area contributed by atoms with Gasteiger partial charge in [-0.05, 0) is 30.4 Å². The van der Waals surface area contributed by atoms with Crippen LogP contribution in [0.2, 0.25) is 0 Å². The minimum absolute atomic E-state index is 0.0724. The number of nitriles is 1. The Kier molecular flexibility index (Phi) is 5.14. The Bertz CT molecular complexity index is 1380. The molecular formula is C24H15BrN4O5. The molecule has 34 heavy (non-hydrogen) atoms. The molecule has 0 aromatic heterocycles. The summed E-state index contributed by atoms with van der Waals surface area (Å²) in [7, 11) is 0. The number of imide groups is 1. The van der Waals surface area contributed by atoms with Crippen LogP contribution in [-0.2, 0) is 9.59 Å². The molecule has 10 heteroatoms. The lowest BCUT2D eigenvalue weighted by atomic mass is 9.86. The molecule has 3 aliphatic heterocycles. The van der Waals surface area contributed by atoms with E-state index >= 15 is 0 Å². The highest BCUT2D eigenvalue weighted by Crippen LogP contribution is 2.47. The van der Waals surface area contributed by atoms with Crippen LogP contribution in [-0.4, -0.2) is 39.5 Å². The molecule has 2 amide bonds. The maximum absolute atomic E-state index is 13.6. The second kappa shape index (κ2) is 8.04. The first kappa shape index (κ1) is 21.7. The molecule has 0 radical (unpaired) electrons. The largest absolute Gasteiger partial charge is 0.359 e. The molecule has 0 unspecified atom stereocenters. The quantitative estimate of drug-likeness (QED) is 0.263. The summed E-state index contributed by atoms with van der Waals surface area (Å²) in [5.41, 5.74) is 0.526. The summed E-state index contributed by atoms with van der Waals surface area (Å²) in [5.74, 6) is -3.38. The summed E-state index contributed by atoms with van der Waals surface area (Å²) in [6, 6.07) is 12.4. The number of nitrogens with zero attached hydrogens (tertiary/aromatic N) is 4. The van der Waals surface area contributed by atoms with Crippen molar-refractivity contribution in [2.45, 2.75) is 12.1 Å². The fourth-order valence-corrected chi connectivity index (χ4v) is 5.32. The van der Waals surface area contributed by atoms with E-state index in [1.54, 1.807) is 41.4 Å². The van der Waals surface area contributed by atoms with Crippen molar-refractivity contribution in [3.8, 4) is 6.07 Å². The number of hydrogen-bond donors (Lipinski definition) is 0. The summed E-state index contributed by atoms with van der Waals surface area (Å²) in [4.78, 5) is 54.1. The summed E-state index contributed by atoms with van der Waals surface area (Å²) in [5, 5.41) is 20.6. The second-order valence-electron chi connectivity index (χ2n) is 8.15. The number of allylic oxidation sites excluding steroid dienone is 2. The lowest BCUT2D eigenvalue weighted by Gasteiger charge is -2.32. The number of fused-ring (bicyclic) bond motifs is 3. The third-order valence-corrected chi connectivity index (χ3v) is 6.85. The van der Waals surface area contributed by atoms with Crippen molar-refractivity contribution in [1.29, 1.82) is 5.26 Å². The van der Waals surface area contributed by atoms with Crippen molar-refractivity contribution in [2.75, 3.05) is 4.90 Å². The van der Waals surface area contributed by atoms with Gasteiger partial charge in [0.25, 0.3) is 5.69 Å². The van der Waals surface area contributed by atoms with Gasteiger partial charge in [-0.1, -0.05) is 34.1 Å². The molecule has 3 aliphatic rings. The predicted octanol–water partition coefficient (Wildman–Crippen LogP) is 3.38. The molecule has 168 valence electrons. The van der Waals surface area contributed by atoms with E-state index in [0.29, 0.717) is 15.7 Å². The number of hydrogen-bond acceptors (Lipinski definition) is 7. The number of amides is 2. The van der Waals surface area contributed by atoms with Gasteiger partial charge in [-0.25, -0.2) is 4.90 Å². The number of carbonyl (C=O) groups excluding carboxylic acids is 3. The van der Waals surface area contributed by atoms with Gasteiger partial charge in [-0.3, -0.25) is 24.5 Å². The summed E-state index contributed by atoms with van der Waals surface area (Å²) >= 11 is 3.35. The van der Waals surface area contributed by atoms with Crippen LogP contribution < -0.4 is 4.90 Å². The number of non-ortho nitro benzene ring substituents is 1. The molecule has 2 fully saturated rings. The van der Waals surface area contributed by atoms with Crippen LogP contribution in [0.5, 0.6) is 0 Å². The van der Waals surface area contributed by atoms with E-state index in [-0.39, 0.29) is 11.3 Å². The van der Waals surface area contributed by atoms with E-state index in [0.717, 1.165) is 4.90 Å². The molecule has 2 aromatic rings. The molecule has 4 atom stereocenters. The standard InChI is InChI=1S/C24H15BrN4O5/c25-15-4-2-5-16(11-15)28-23(31)19-18-9-13(12-26)7-8-27(18)21(20(19)24(28)32)22(30)14-3-1-6-17(10-14)29(33)34/h1-11,18-21H/t18-,19-,20+,21+/m1/s1. The fraction of sp³-hybridized carbons (Fsp3) is 0.167. The normalized spacial score (nSPS) is 25.0. The average molecular weight is 519 g/mol. The van der Waals surface area contributed by atoms with E-state index in [9.17, 15) is 29.8 Å². The van der Waals surface area contributed by atoms with E-state index in [1.165, 1.54) is 30.3 Å². The van der Waals surface area contributed by atoms with Gasteiger partial charge in [0.2, 0.25) is 11.8 Å². The molecule has 3 heterocycles. The van der Waals surface area contributed by atoms with Gasteiger partial charge in [-0.15, -0.1) is 0 Å². The van der Waals surface area contributed by atoms with Gasteiger partial charge in [0.1, 0.15) is 6.04 Å². The maximum atomic E-state index is 13.6. The first-order chi connectivity index (χ1) is 16.3. The van der Waals surface area contributed by atoms with Gasteiger partial charge in [0, 0.05) is 28.4 Å². The Morgan fingerprint density at radius 1 is 1.09 bits per heavy atom. The third-order valence-electron chi connectivity index (χ3n) is 6.35. The highest BCUT2D eigenvalue weighted by molar-refractivity contribution is 9.10. The number of Topliss-reactive ketones (excluding diaryl/α,β-unsaturated/α-hetero) is 1. The summed E-state index contributed by atoms with van der Waals surface area (Å²) in [6.45, 7) is 0. The number of anilines is 1. The van der Waals surface area contributed by atoms with Gasteiger partial charge in [0.15, 0.2) is 5.78 Å². The van der Waals surface area contributed by atoms with Crippen molar-refractivity contribution < 1.29 is 19.3 Å². The molecule has 0 aliphatic carbocycles. The second-order valence-corrected chi connectivity index (χ2v) is 9.06. The Morgan fingerprint density at radius 2 is 1.82 bits per heavy atom. The molecule has 2 aromatic carbocycles. The highest BCUT2D eigenvalue weighted by atomic mass is 79.9. The van der Waals surface area contributed by atoms with Crippen LogP contribution in [0.3, 0.4) is 0 Å². The van der Waals surface area contributed by atoms with Crippen molar-refractivity contribution in [3.05, 3.63) is 92.6 Å². The number of nitro groups is 1. The monoisotopic (exact) mass is 518 g/mol. The minimum atomic E-state index is -1.06. The third kappa shape index (κ3) is 3.24. The topological polar surface area (TPSA) is 125 Å². The van der Waals surface area contributed by atoms with Crippen molar-refractivity contribution in [2.24, 2.45) is 11.8 Å². The van der Waals surface area contributed by atoms with E-state index < -0.39 is 46.4 Å². The minimum Gasteiger partial charge on any atom is -0.359 e. The Labute approximate surface area is 201 Å². The van der Waals surface area contributed by atoms with Crippen molar-refractivity contribution in [3.63, 3.8) is 0 Å². The SMILES string of the molecule is N#CC1=C[C@@H]2[C@H]3C(=O)N(c4cccc(Br)c4)C(=O)[C@@H]3[C@@H](C(=O)c3cccc([N+](=O)[O-])c3)N2C=C1. The van der Waals surface area contributed by atoms with Gasteiger partial charge in [0.05, 0.1) is 40.1 Å². The van der Waals surface area contributed by atoms with Crippen LogP contribution in [0.15, 0.2) is 76.9 Å².